The molecule has 3 rings (SSSR count). The number of hydrogen-bond donors (Lipinski definition) is 2. The van der Waals surface area contributed by atoms with Crippen molar-refractivity contribution in [3.63, 3.8) is 0 Å². The molecule has 1 aromatic carbocycles. The van der Waals surface area contributed by atoms with Crippen LogP contribution in [-0.4, -0.2) is 22.7 Å². The molecule has 0 radical (unpaired) electrons. The first-order valence-corrected chi connectivity index (χ1v) is 7.50. The van der Waals surface area contributed by atoms with Gasteiger partial charge in [0.1, 0.15) is 5.52 Å². The number of para-hydroxylation sites is 2. The molecular formula is C16H22N2O2. The van der Waals surface area contributed by atoms with Gasteiger partial charge in [0.05, 0.1) is 6.04 Å². The summed E-state index contributed by atoms with van der Waals surface area (Å²) in [6.07, 6.45) is 4.68. The minimum Gasteiger partial charge on any atom is -0.439 e. The number of aromatic nitrogens is 1. The first-order valence-electron chi connectivity index (χ1n) is 7.50. The van der Waals surface area contributed by atoms with E-state index in [9.17, 15) is 5.11 Å². The summed E-state index contributed by atoms with van der Waals surface area (Å²) in [6, 6.07) is 8.26. The number of aliphatic hydroxyl groups excluding tert-OH is 1. The van der Waals surface area contributed by atoms with Crippen LogP contribution in [0.4, 0.5) is 0 Å². The summed E-state index contributed by atoms with van der Waals surface area (Å²) in [5, 5.41) is 13.1. The Morgan fingerprint density at radius 2 is 2.15 bits per heavy atom. The SMILES string of the molecule is C[C@H](N[C@H]1CCCC[C@H]1CO)c1nc2ccccc2o1. The second-order valence-corrected chi connectivity index (χ2v) is 5.74. The van der Waals surface area contributed by atoms with Gasteiger partial charge >= 0.3 is 0 Å². The smallest absolute Gasteiger partial charge is 0.212 e. The van der Waals surface area contributed by atoms with Crippen LogP contribution in [0.1, 0.15) is 44.5 Å². The lowest BCUT2D eigenvalue weighted by Crippen LogP contribution is -2.41. The van der Waals surface area contributed by atoms with Crippen molar-refractivity contribution in [1.82, 2.24) is 10.3 Å². The van der Waals surface area contributed by atoms with E-state index in [4.69, 9.17) is 4.42 Å². The minimum atomic E-state index is 0.0690. The van der Waals surface area contributed by atoms with Gasteiger partial charge in [0, 0.05) is 12.6 Å². The standard InChI is InChI=1S/C16H22N2O2/c1-11(17-13-7-3-2-6-12(13)10-19)16-18-14-8-4-5-9-15(14)20-16/h4-5,8-9,11-13,17,19H,2-3,6-7,10H2,1H3/t11-,12-,13-/m0/s1. The third kappa shape index (κ3) is 2.72. The molecule has 4 nitrogen and oxygen atoms in total. The van der Waals surface area contributed by atoms with E-state index in [0.29, 0.717) is 12.0 Å². The van der Waals surface area contributed by atoms with Crippen LogP contribution < -0.4 is 5.32 Å². The average molecular weight is 274 g/mol. The minimum absolute atomic E-state index is 0.0690. The van der Waals surface area contributed by atoms with Crippen LogP contribution in [0.2, 0.25) is 0 Å². The molecule has 108 valence electrons. The maximum Gasteiger partial charge on any atom is 0.212 e. The van der Waals surface area contributed by atoms with Crippen LogP contribution in [0, 0.1) is 5.92 Å². The topological polar surface area (TPSA) is 58.3 Å². The molecule has 1 aromatic heterocycles. The number of oxazole rings is 1. The molecule has 0 unspecified atom stereocenters. The summed E-state index contributed by atoms with van der Waals surface area (Å²) in [7, 11) is 0. The number of aliphatic hydroxyl groups is 1. The molecule has 1 saturated carbocycles. The second kappa shape index (κ2) is 5.94. The summed E-state index contributed by atoms with van der Waals surface area (Å²) in [5.41, 5.74) is 1.73. The quantitative estimate of drug-likeness (QED) is 0.899. The molecule has 1 aliphatic carbocycles. The molecular weight excluding hydrogens is 252 g/mol. The van der Waals surface area contributed by atoms with E-state index < -0.39 is 0 Å². The van der Waals surface area contributed by atoms with Crippen molar-refractivity contribution in [3.8, 4) is 0 Å². The monoisotopic (exact) mass is 274 g/mol. The van der Waals surface area contributed by atoms with Crippen molar-refractivity contribution in [2.45, 2.75) is 44.7 Å². The van der Waals surface area contributed by atoms with Gasteiger partial charge in [-0.1, -0.05) is 25.0 Å². The Labute approximate surface area is 119 Å². The van der Waals surface area contributed by atoms with Crippen molar-refractivity contribution < 1.29 is 9.52 Å². The highest BCUT2D eigenvalue weighted by molar-refractivity contribution is 5.72. The normalized spacial score (nSPS) is 24.9. The summed E-state index contributed by atoms with van der Waals surface area (Å²) < 4.78 is 5.80. The maximum absolute atomic E-state index is 9.48. The van der Waals surface area contributed by atoms with Crippen LogP contribution in [-0.2, 0) is 0 Å². The fourth-order valence-corrected chi connectivity index (χ4v) is 3.11. The fraction of sp³-hybridized carbons (Fsp3) is 0.562. The molecule has 1 heterocycles. The molecule has 20 heavy (non-hydrogen) atoms. The zero-order valence-electron chi connectivity index (χ0n) is 11.9. The van der Waals surface area contributed by atoms with E-state index in [0.717, 1.165) is 29.8 Å². The lowest BCUT2D eigenvalue weighted by Gasteiger charge is -2.32. The Morgan fingerprint density at radius 3 is 2.95 bits per heavy atom. The Bertz CT molecular complexity index is 533. The van der Waals surface area contributed by atoms with Gasteiger partial charge in [-0.05, 0) is 37.8 Å². The zero-order valence-corrected chi connectivity index (χ0v) is 11.9. The summed E-state index contributed by atoms with van der Waals surface area (Å²) in [6.45, 7) is 2.34. The molecule has 3 atom stereocenters. The molecule has 0 saturated heterocycles. The third-order valence-electron chi connectivity index (χ3n) is 4.29. The number of fused-ring (bicyclic) bond motifs is 1. The van der Waals surface area contributed by atoms with Crippen LogP contribution in [0.3, 0.4) is 0 Å². The summed E-state index contributed by atoms with van der Waals surface area (Å²) in [5.74, 6) is 1.09. The number of nitrogens with one attached hydrogen (secondary N) is 1. The molecule has 0 spiro atoms. The van der Waals surface area contributed by atoms with Crippen molar-refractivity contribution in [3.05, 3.63) is 30.2 Å². The lowest BCUT2D eigenvalue weighted by molar-refractivity contribution is 0.144. The second-order valence-electron chi connectivity index (χ2n) is 5.74. The Hall–Kier alpha value is -1.39. The van der Waals surface area contributed by atoms with E-state index in [1.165, 1.54) is 12.8 Å². The van der Waals surface area contributed by atoms with Crippen molar-refractivity contribution >= 4 is 11.1 Å². The fourth-order valence-electron chi connectivity index (χ4n) is 3.11. The van der Waals surface area contributed by atoms with Gasteiger partial charge in [0.25, 0.3) is 0 Å². The molecule has 2 N–H and O–H groups in total. The van der Waals surface area contributed by atoms with E-state index >= 15 is 0 Å². The molecule has 4 heteroatoms. The highest BCUT2D eigenvalue weighted by Crippen LogP contribution is 2.27. The van der Waals surface area contributed by atoms with E-state index in [-0.39, 0.29) is 12.6 Å². The van der Waals surface area contributed by atoms with E-state index in [1.54, 1.807) is 0 Å². The average Bonchev–Trinajstić information content (AvgIpc) is 2.92. The highest BCUT2D eigenvalue weighted by atomic mass is 16.3. The van der Waals surface area contributed by atoms with Gasteiger partial charge in [0.15, 0.2) is 5.58 Å². The van der Waals surface area contributed by atoms with Gasteiger partial charge in [-0.3, -0.25) is 0 Å². The molecule has 2 aromatic rings. The molecule has 0 bridgehead atoms. The molecule has 1 fully saturated rings. The van der Waals surface area contributed by atoms with Gasteiger partial charge in [-0.15, -0.1) is 0 Å². The lowest BCUT2D eigenvalue weighted by atomic mass is 9.84. The number of benzene rings is 1. The molecule has 1 aliphatic rings. The third-order valence-corrected chi connectivity index (χ3v) is 4.29. The Kier molecular flexibility index (Phi) is 4.03. The van der Waals surface area contributed by atoms with Crippen molar-refractivity contribution in [2.24, 2.45) is 5.92 Å². The number of nitrogens with zero attached hydrogens (tertiary/aromatic N) is 1. The largest absolute Gasteiger partial charge is 0.439 e. The summed E-state index contributed by atoms with van der Waals surface area (Å²) >= 11 is 0. The van der Waals surface area contributed by atoms with E-state index in [1.807, 2.05) is 24.3 Å². The van der Waals surface area contributed by atoms with Gasteiger partial charge < -0.3 is 14.8 Å². The predicted molar refractivity (Wildman–Crippen MR) is 78.4 cm³/mol. The van der Waals surface area contributed by atoms with Crippen LogP contribution in [0.15, 0.2) is 28.7 Å². The number of hydrogen-bond acceptors (Lipinski definition) is 4. The van der Waals surface area contributed by atoms with Gasteiger partial charge in [-0.2, -0.15) is 0 Å². The Morgan fingerprint density at radius 1 is 1.35 bits per heavy atom. The first kappa shape index (κ1) is 13.6. The highest BCUT2D eigenvalue weighted by Gasteiger charge is 2.27. The molecule has 0 amide bonds. The van der Waals surface area contributed by atoms with Crippen molar-refractivity contribution in [2.75, 3.05) is 6.61 Å². The van der Waals surface area contributed by atoms with Gasteiger partial charge in [-0.25, -0.2) is 4.98 Å². The predicted octanol–water partition coefficient (Wildman–Crippen LogP) is 3.03. The Balaban J connectivity index is 1.73. The number of rotatable bonds is 4. The van der Waals surface area contributed by atoms with Crippen molar-refractivity contribution in [1.29, 1.82) is 0 Å². The van der Waals surface area contributed by atoms with E-state index in [2.05, 4.69) is 17.2 Å². The maximum atomic E-state index is 9.48. The summed E-state index contributed by atoms with van der Waals surface area (Å²) in [4.78, 5) is 4.54. The first-order chi connectivity index (χ1) is 9.78. The zero-order chi connectivity index (χ0) is 13.9. The van der Waals surface area contributed by atoms with Crippen LogP contribution in [0.25, 0.3) is 11.1 Å². The van der Waals surface area contributed by atoms with Crippen LogP contribution >= 0.6 is 0 Å². The van der Waals surface area contributed by atoms with Gasteiger partial charge in [0.2, 0.25) is 5.89 Å². The van der Waals surface area contributed by atoms with Crippen LogP contribution in [0.5, 0.6) is 0 Å². The molecule has 0 aliphatic heterocycles.